The Hall–Kier alpha value is -0.830. The molecule has 0 aliphatic carbocycles. The molecule has 0 saturated heterocycles. The van der Waals surface area contributed by atoms with Crippen LogP contribution < -0.4 is 5.73 Å². The third-order valence-corrected chi connectivity index (χ3v) is 2.70. The van der Waals surface area contributed by atoms with Crippen LogP contribution in [0.3, 0.4) is 0 Å². The molecule has 0 spiro atoms. The number of carbonyl (C=O) groups excluding carboxylic acids is 1. The lowest BCUT2D eigenvalue weighted by atomic mass is 9.85. The zero-order valence-corrected chi connectivity index (χ0v) is 9.97. The molecule has 2 N–H and O–H groups in total. The number of carbonyl (C=O) groups is 1. The predicted molar refractivity (Wildman–Crippen MR) is 60.8 cm³/mol. The zero-order chi connectivity index (χ0) is 10.8. The molecule has 3 heteroatoms. The summed E-state index contributed by atoms with van der Waals surface area (Å²) in [5.74, 6) is -0.266. The second-order valence-corrected chi connectivity index (χ2v) is 4.97. The third-order valence-electron chi connectivity index (χ3n) is 2.20. The van der Waals surface area contributed by atoms with E-state index in [4.69, 9.17) is 5.73 Å². The van der Waals surface area contributed by atoms with Gasteiger partial charge in [0.25, 0.3) is 0 Å². The van der Waals surface area contributed by atoms with Crippen molar-refractivity contribution in [2.75, 3.05) is 0 Å². The highest BCUT2D eigenvalue weighted by Crippen LogP contribution is 2.22. The summed E-state index contributed by atoms with van der Waals surface area (Å²) >= 11 is 3.39. The monoisotopic (exact) mass is 255 g/mol. The predicted octanol–water partition coefficient (Wildman–Crippen LogP) is 2.50. The van der Waals surface area contributed by atoms with Gasteiger partial charge in [0.15, 0.2) is 0 Å². The van der Waals surface area contributed by atoms with Crippen molar-refractivity contribution in [3.63, 3.8) is 0 Å². The van der Waals surface area contributed by atoms with Crippen LogP contribution in [-0.4, -0.2) is 5.91 Å². The van der Waals surface area contributed by atoms with Crippen molar-refractivity contribution in [2.24, 2.45) is 11.1 Å². The van der Waals surface area contributed by atoms with Crippen LogP contribution in [0.15, 0.2) is 28.7 Å². The van der Waals surface area contributed by atoms with Crippen LogP contribution in [0.25, 0.3) is 0 Å². The van der Waals surface area contributed by atoms with Gasteiger partial charge in [0.1, 0.15) is 0 Å². The molecular formula is C11H14BrNO. The van der Waals surface area contributed by atoms with Gasteiger partial charge >= 0.3 is 0 Å². The number of benzene rings is 1. The van der Waals surface area contributed by atoms with Gasteiger partial charge in [-0.25, -0.2) is 0 Å². The molecule has 1 rings (SSSR count). The van der Waals surface area contributed by atoms with Gasteiger partial charge in [-0.2, -0.15) is 0 Å². The molecular weight excluding hydrogens is 242 g/mol. The fraction of sp³-hybridized carbons (Fsp3) is 0.364. The minimum Gasteiger partial charge on any atom is -0.369 e. The fourth-order valence-corrected chi connectivity index (χ4v) is 1.69. The van der Waals surface area contributed by atoms with Gasteiger partial charge in [-0.15, -0.1) is 0 Å². The number of hydrogen-bond acceptors (Lipinski definition) is 1. The average Bonchev–Trinajstić information content (AvgIpc) is 2.02. The molecule has 0 aromatic heterocycles. The van der Waals surface area contributed by atoms with Crippen molar-refractivity contribution in [3.05, 3.63) is 34.3 Å². The largest absolute Gasteiger partial charge is 0.369 e. The molecule has 0 radical (unpaired) electrons. The van der Waals surface area contributed by atoms with E-state index in [2.05, 4.69) is 15.9 Å². The number of primary amides is 1. The van der Waals surface area contributed by atoms with Gasteiger partial charge in [0.2, 0.25) is 5.91 Å². The summed E-state index contributed by atoms with van der Waals surface area (Å²) in [6.45, 7) is 3.71. The van der Waals surface area contributed by atoms with Crippen LogP contribution in [-0.2, 0) is 11.2 Å². The Balaban J connectivity index is 2.83. The molecule has 0 aliphatic rings. The summed E-state index contributed by atoms with van der Waals surface area (Å²) in [5.41, 5.74) is 5.93. The average molecular weight is 256 g/mol. The quantitative estimate of drug-likeness (QED) is 0.887. The van der Waals surface area contributed by atoms with Crippen LogP contribution in [0.5, 0.6) is 0 Å². The van der Waals surface area contributed by atoms with E-state index in [9.17, 15) is 4.79 Å². The lowest BCUT2D eigenvalue weighted by Crippen LogP contribution is -2.33. The summed E-state index contributed by atoms with van der Waals surface area (Å²) in [4.78, 5) is 11.1. The number of rotatable bonds is 3. The molecule has 76 valence electrons. The summed E-state index contributed by atoms with van der Waals surface area (Å²) in [6, 6.07) is 7.91. The first-order valence-electron chi connectivity index (χ1n) is 4.46. The number of hydrogen-bond donors (Lipinski definition) is 1. The summed E-state index contributed by atoms with van der Waals surface area (Å²) in [5, 5.41) is 0. The Morgan fingerprint density at radius 2 is 2.14 bits per heavy atom. The Morgan fingerprint density at radius 3 is 2.64 bits per heavy atom. The minimum absolute atomic E-state index is 0.266. The molecule has 0 atom stereocenters. The van der Waals surface area contributed by atoms with Crippen LogP contribution in [0.1, 0.15) is 19.4 Å². The van der Waals surface area contributed by atoms with Crippen LogP contribution in [0.2, 0.25) is 0 Å². The Kier molecular flexibility index (Phi) is 3.32. The smallest absolute Gasteiger partial charge is 0.223 e. The van der Waals surface area contributed by atoms with E-state index < -0.39 is 5.41 Å². The number of halogens is 1. The number of amides is 1. The first-order valence-corrected chi connectivity index (χ1v) is 5.25. The maximum absolute atomic E-state index is 11.1. The van der Waals surface area contributed by atoms with E-state index in [-0.39, 0.29) is 5.91 Å². The minimum atomic E-state index is -0.485. The molecule has 1 aromatic rings. The van der Waals surface area contributed by atoms with Gasteiger partial charge in [0, 0.05) is 9.89 Å². The Bertz CT molecular complexity index is 347. The molecule has 2 nitrogen and oxygen atoms in total. The highest BCUT2D eigenvalue weighted by molar-refractivity contribution is 9.10. The molecule has 0 fully saturated rings. The van der Waals surface area contributed by atoms with Gasteiger partial charge in [-0.05, 0) is 24.1 Å². The van der Waals surface area contributed by atoms with Gasteiger partial charge < -0.3 is 5.73 Å². The van der Waals surface area contributed by atoms with E-state index in [0.717, 1.165) is 10.0 Å². The standard InChI is InChI=1S/C11H14BrNO/c1-11(2,10(13)14)7-8-4-3-5-9(12)6-8/h3-6H,7H2,1-2H3,(H2,13,14). The van der Waals surface area contributed by atoms with E-state index in [1.807, 2.05) is 38.1 Å². The first kappa shape index (κ1) is 11.2. The van der Waals surface area contributed by atoms with Crippen LogP contribution >= 0.6 is 15.9 Å². The molecule has 0 unspecified atom stereocenters. The van der Waals surface area contributed by atoms with E-state index in [0.29, 0.717) is 6.42 Å². The van der Waals surface area contributed by atoms with Gasteiger partial charge in [-0.3, -0.25) is 4.79 Å². The molecule has 1 aromatic carbocycles. The molecule has 1 amide bonds. The zero-order valence-electron chi connectivity index (χ0n) is 8.38. The van der Waals surface area contributed by atoms with Crippen LogP contribution in [0, 0.1) is 5.41 Å². The molecule has 0 aliphatic heterocycles. The molecule has 14 heavy (non-hydrogen) atoms. The Morgan fingerprint density at radius 1 is 1.50 bits per heavy atom. The Labute approximate surface area is 92.6 Å². The third kappa shape index (κ3) is 2.84. The van der Waals surface area contributed by atoms with Gasteiger partial charge in [-0.1, -0.05) is 41.9 Å². The highest BCUT2D eigenvalue weighted by atomic mass is 79.9. The van der Waals surface area contributed by atoms with Crippen molar-refractivity contribution < 1.29 is 4.79 Å². The lowest BCUT2D eigenvalue weighted by Gasteiger charge is -2.20. The highest BCUT2D eigenvalue weighted by Gasteiger charge is 2.24. The van der Waals surface area contributed by atoms with Crippen molar-refractivity contribution in [2.45, 2.75) is 20.3 Å². The normalized spacial score (nSPS) is 11.4. The van der Waals surface area contributed by atoms with Crippen LogP contribution in [0.4, 0.5) is 0 Å². The van der Waals surface area contributed by atoms with Gasteiger partial charge in [0.05, 0.1) is 0 Å². The topological polar surface area (TPSA) is 43.1 Å². The van der Waals surface area contributed by atoms with Crippen molar-refractivity contribution >= 4 is 21.8 Å². The summed E-state index contributed by atoms with van der Waals surface area (Å²) < 4.78 is 1.02. The SMILES string of the molecule is CC(C)(Cc1cccc(Br)c1)C(N)=O. The van der Waals surface area contributed by atoms with Crippen molar-refractivity contribution in [1.82, 2.24) is 0 Å². The summed E-state index contributed by atoms with van der Waals surface area (Å²) in [6.07, 6.45) is 0.668. The second kappa shape index (κ2) is 4.13. The first-order chi connectivity index (χ1) is 6.42. The van der Waals surface area contributed by atoms with E-state index >= 15 is 0 Å². The van der Waals surface area contributed by atoms with Crippen molar-refractivity contribution in [3.8, 4) is 0 Å². The second-order valence-electron chi connectivity index (χ2n) is 4.05. The number of nitrogens with two attached hydrogens (primary N) is 1. The molecule has 0 saturated carbocycles. The molecule has 0 bridgehead atoms. The molecule has 0 heterocycles. The van der Waals surface area contributed by atoms with E-state index in [1.165, 1.54) is 0 Å². The fourth-order valence-electron chi connectivity index (χ4n) is 1.24. The maximum atomic E-state index is 11.1. The maximum Gasteiger partial charge on any atom is 0.223 e. The van der Waals surface area contributed by atoms with E-state index in [1.54, 1.807) is 0 Å². The summed E-state index contributed by atoms with van der Waals surface area (Å²) in [7, 11) is 0. The lowest BCUT2D eigenvalue weighted by molar-refractivity contribution is -0.125. The van der Waals surface area contributed by atoms with Crippen molar-refractivity contribution in [1.29, 1.82) is 0 Å².